The highest BCUT2D eigenvalue weighted by Gasteiger charge is 2.17. The fraction of sp³-hybridized carbons (Fsp3) is 0.353. The summed E-state index contributed by atoms with van der Waals surface area (Å²) < 4.78 is 10.9. The third-order valence-corrected chi connectivity index (χ3v) is 3.85. The third kappa shape index (κ3) is 3.17. The first-order chi connectivity index (χ1) is 11.1. The lowest BCUT2D eigenvalue weighted by atomic mass is 10.2. The van der Waals surface area contributed by atoms with Crippen LogP contribution in [0.3, 0.4) is 0 Å². The maximum absolute atomic E-state index is 10.3. The number of fused-ring (bicyclic) bond motifs is 1. The molecule has 6 heteroatoms. The fourth-order valence-corrected chi connectivity index (χ4v) is 2.85. The van der Waals surface area contributed by atoms with E-state index in [0.717, 1.165) is 33.8 Å². The van der Waals surface area contributed by atoms with Crippen LogP contribution >= 0.6 is 0 Å². The molecule has 1 aromatic carbocycles. The van der Waals surface area contributed by atoms with E-state index in [1.165, 1.54) is 0 Å². The molecule has 2 aromatic heterocycles. The minimum Gasteiger partial charge on any atom is -0.490 e. The number of aryl methyl sites for hydroxylation is 2. The summed E-state index contributed by atoms with van der Waals surface area (Å²) >= 11 is 0. The van der Waals surface area contributed by atoms with Crippen molar-refractivity contribution in [3.63, 3.8) is 0 Å². The minimum atomic E-state index is -0.622. The van der Waals surface area contributed by atoms with Gasteiger partial charge in [0.1, 0.15) is 29.8 Å². The van der Waals surface area contributed by atoms with Crippen LogP contribution in [-0.2, 0) is 0 Å². The molecule has 3 rings (SSSR count). The number of rotatable bonds is 6. The Hall–Kier alpha value is -2.47. The molecule has 0 aliphatic heterocycles. The van der Waals surface area contributed by atoms with Crippen molar-refractivity contribution >= 4 is 16.6 Å². The van der Waals surface area contributed by atoms with Gasteiger partial charge in [-0.05, 0) is 32.0 Å². The topological polar surface area (TPSA) is 74.5 Å². The van der Waals surface area contributed by atoms with Crippen LogP contribution in [0.15, 0.2) is 35.0 Å². The van der Waals surface area contributed by atoms with E-state index in [1.807, 2.05) is 56.3 Å². The molecule has 0 spiro atoms. The van der Waals surface area contributed by atoms with Crippen LogP contribution in [-0.4, -0.2) is 41.6 Å². The first kappa shape index (κ1) is 15.4. The van der Waals surface area contributed by atoms with Crippen LogP contribution in [0.5, 0.6) is 5.75 Å². The third-order valence-electron chi connectivity index (χ3n) is 3.85. The van der Waals surface area contributed by atoms with Crippen LogP contribution in [0.1, 0.15) is 11.5 Å². The molecule has 2 N–H and O–H groups in total. The van der Waals surface area contributed by atoms with Crippen LogP contribution in [0.2, 0.25) is 0 Å². The average molecular weight is 315 g/mol. The Morgan fingerprint density at radius 1 is 1.35 bits per heavy atom. The molecule has 2 heterocycles. The molecule has 0 radical (unpaired) electrons. The van der Waals surface area contributed by atoms with Gasteiger partial charge >= 0.3 is 0 Å². The summed E-state index contributed by atoms with van der Waals surface area (Å²) in [5, 5.41) is 15.2. The Bertz CT molecular complexity index is 774. The highest BCUT2D eigenvalue weighted by atomic mass is 16.5. The lowest BCUT2D eigenvalue weighted by Gasteiger charge is -2.22. The highest BCUT2D eigenvalue weighted by Crippen LogP contribution is 2.25. The highest BCUT2D eigenvalue weighted by molar-refractivity contribution is 5.85. The van der Waals surface area contributed by atoms with Crippen molar-refractivity contribution in [2.75, 3.05) is 25.1 Å². The molecule has 3 aromatic rings. The van der Waals surface area contributed by atoms with Gasteiger partial charge in [0, 0.05) is 30.7 Å². The molecular formula is C17H21N3O3. The molecule has 0 saturated heterocycles. The minimum absolute atomic E-state index is 0.220. The van der Waals surface area contributed by atoms with Crippen molar-refractivity contribution in [1.29, 1.82) is 0 Å². The molecule has 6 nitrogen and oxygen atoms in total. The average Bonchev–Trinajstić information content (AvgIpc) is 3.11. The SMILES string of the molecule is Cc1noc(C)c1N(C)CC(O)COc1cccc2[nH]ccc12. The molecule has 0 amide bonds. The Kier molecular flexibility index (Phi) is 4.25. The van der Waals surface area contributed by atoms with Gasteiger partial charge in [-0.3, -0.25) is 0 Å². The molecule has 1 unspecified atom stereocenters. The number of benzene rings is 1. The largest absolute Gasteiger partial charge is 0.490 e. The van der Waals surface area contributed by atoms with Gasteiger partial charge in [-0.1, -0.05) is 11.2 Å². The predicted octanol–water partition coefficient (Wildman–Crippen LogP) is 2.65. The maximum atomic E-state index is 10.3. The molecule has 0 aliphatic rings. The van der Waals surface area contributed by atoms with Crippen molar-refractivity contribution in [2.24, 2.45) is 0 Å². The fourth-order valence-electron chi connectivity index (χ4n) is 2.85. The number of hydrogen-bond acceptors (Lipinski definition) is 5. The zero-order valence-electron chi connectivity index (χ0n) is 13.5. The normalized spacial score (nSPS) is 12.5. The molecule has 23 heavy (non-hydrogen) atoms. The smallest absolute Gasteiger partial charge is 0.157 e. The van der Waals surface area contributed by atoms with Gasteiger partial charge in [0.25, 0.3) is 0 Å². The first-order valence-electron chi connectivity index (χ1n) is 7.57. The standard InChI is InChI=1S/C17H21N3O3/c1-11-17(12(2)23-19-11)20(3)9-13(21)10-22-16-6-4-5-15-14(16)7-8-18-15/h4-8,13,18,21H,9-10H2,1-3H3. The van der Waals surface area contributed by atoms with E-state index in [4.69, 9.17) is 9.26 Å². The van der Waals surface area contributed by atoms with E-state index >= 15 is 0 Å². The summed E-state index contributed by atoms with van der Waals surface area (Å²) in [7, 11) is 1.91. The zero-order valence-corrected chi connectivity index (χ0v) is 13.5. The van der Waals surface area contributed by atoms with E-state index in [9.17, 15) is 5.11 Å². The van der Waals surface area contributed by atoms with E-state index in [2.05, 4.69) is 10.1 Å². The van der Waals surface area contributed by atoms with E-state index in [0.29, 0.717) is 6.54 Å². The number of aromatic nitrogens is 2. The van der Waals surface area contributed by atoms with E-state index in [-0.39, 0.29) is 6.61 Å². The summed E-state index contributed by atoms with van der Waals surface area (Å²) in [6.45, 7) is 4.41. The number of aliphatic hydroxyl groups excluding tert-OH is 1. The monoisotopic (exact) mass is 315 g/mol. The van der Waals surface area contributed by atoms with Gasteiger partial charge in [0.05, 0.1) is 0 Å². The summed E-state index contributed by atoms with van der Waals surface area (Å²) in [6.07, 6.45) is 1.25. The summed E-state index contributed by atoms with van der Waals surface area (Å²) in [5.41, 5.74) is 2.75. The Morgan fingerprint density at radius 3 is 2.91 bits per heavy atom. The van der Waals surface area contributed by atoms with Gasteiger partial charge in [0.15, 0.2) is 5.76 Å². The van der Waals surface area contributed by atoms with Crippen molar-refractivity contribution in [2.45, 2.75) is 20.0 Å². The number of nitrogens with zero attached hydrogens (tertiary/aromatic N) is 2. The quantitative estimate of drug-likeness (QED) is 0.731. The van der Waals surface area contributed by atoms with Crippen LogP contribution < -0.4 is 9.64 Å². The Morgan fingerprint density at radius 2 is 2.17 bits per heavy atom. The van der Waals surface area contributed by atoms with Crippen molar-refractivity contribution in [3.05, 3.63) is 41.9 Å². The molecule has 0 saturated carbocycles. The summed E-state index contributed by atoms with van der Waals surface area (Å²) in [5.74, 6) is 1.51. The lowest BCUT2D eigenvalue weighted by Crippen LogP contribution is -2.33. The van der Waals surface area contributed by atoms with Gasteiger partial charge in [0.2, 0.25) is 0 Å². The van der Waals surface area contributed by atoms with Crippen LogP contribution in [0.25, 0.3) is 10.9 Å². The molecule has 0 aliphatic carbocycles. The van der Waals surface area contributed by atoms with E-state index < -0.39 is 6.10 Å². The second kappa shape index (κ2) is 6.34. The van der Waals surface area contributed by atoms with Gasteiger partial charge in [-0.25, -0.2) is 0 Å². The number of likely N-dealkylation sites (N-methyl/N-ethyl adjacent to an activating group) is 1. The zero-order chi connectivity index (χ0) is 16.4. The van der Waals surface area contributed by atoms with Crippen LogP contribution in [0.4, 0.5) is 5.69 Å². The lowest BCUT2D eigenvalue weighted by molar-refractivity contribution is 0.114. The molecule has 122 valence electrons. The van der Waals surface area contributed by atoms with Crippen LogP contribution in [0, 0.1) is 13.8 Å². The maximum Gasteiger partial charge on any atom is 0.157 e. The Balaban J connectivity index is 1.61. The first-order valence-corrected chi connectivity index (χ1v) is 7.57. The number of hydrogen-bond donors (Lipinski definition) is 2. The summed E-state index contributed by atoms with van der Waals surface area (Å²) in [6, 6.07) is 7.79. The molecule has 0 bridgehead atoms. The van der Waals surface area contributed by atoms with Crippen molar-refractivity contribution in [1.82, 2.24) is 10.1 Å². The molecular weight excluding hydrogens is 294 g/mol. The van der Waals surface area contributed by atoms with E-state index in [1.54, 1.807) is 0 Å². The second-order valence-corrected chi connectivity index (χ2v) is 5.71. The van der Waals surface area contributed by atoms with Crippen molar-refractivity contribution < 1.29 is 14.4 Å². The number of nitrogens with one attached hydrogen (secondary N) is 1. The number of anilines is 1. The van der Waals surface area contributed by atoms with Gasteiger partial charge in [-0.15, -0.1) is 0 Å². The number of aromatic amines is 1. The predicted molar refractivity (Wildman–Crippen MR) is 89.0 cm³/mol. The molecule has 1 atom stereocenters. The van der Waals surface area contributed by atoms with Gasteiger partial charge in [-0.2, -0.15) is 0 Å². The second-order valence-electron chi connectivity index (χ2n) is 5.71. The van der Waals surface area contributed by atoms with Gasteiger partial charge < -0.3 is 24.3 Å². The number of H-pyrrole nitrogens is 1. The Labute approximate surface area is 134 Å². The number of ether oxygens (including phenoxy) is 1. The summed E-state index contributed by atoms with van der Waals surface area (Å²) in [4.78, 5) is 5.08. The molecule has 0 fully saturated rings. The van der Waals surface area contributed by atoms with Crippen molar-refractivity contribution in [3.8, 4) is 5.75 Å². The number of aliphatic hydroxyl groups is 1.